The van der Waals surface area contributed by atoms with Crippen LogP contribution in [0.3, 0.4) is 0 Å². The second kappa shape index (κ2) is 9.05. The van der Waals surface area contributed by atoms with E-state index in [0.29, 0.717) is 45.3 Å². The fraction of sp³-hybridized carbons (Fsp3) is 0.211. The average Bonchev–Trinajstić information content (AvgIpc) is 3.10. The van der Waals surface area contributed by atoms with Crippen LogP contribution < -0.4 is 10.1 Å². The molecule has 1 amide bonds. The van der Waals surface area contributed by atoms with Crippen LogP contribution in [0.2, 0.25) is 10.0 Å². The number of hydrogen-bond acceptors (Lipinski definition) is 6. The summed E-state index contributed by atoms with van der Waals surface area (Å²) < 4.78 is 10.5. The van der Waals surface area contributed by atoms with Crippen LogP contribution in [0.15, 0.2) is 47.0 Å². The standard InChI is InChI=1S/C19H18Cl2N4O3/c1-25(10-17(26)22-15-9-12(20)7-8-16(15)27-2)11-18-23-19(24-28-18)13-5-3-4-6-14(13)21/h3-9H,10-11H2,1-2H3,(H,22,26). The van der Waals surface area contributed by atoms with Crippen molar-refractivity contribution in [3.05, 3.63) is 58.4 Å². The maximum absolute atomic E-state index is 12.3. The van der Waals surface area contributed by atoms with E-state index in [2.05, 4.69) is 15.5 Å². The molecule has 0 bridgehead atoms. The number of aromatic nitrogens is 2. The Kier molecular flexibility index (Phi) is 6.51. The molecule has 0 spiro atoms. The molecular formula is C19H18Cl2N4O3. The minimum Gasteiger partial charge on any atom is -0.495 e. The maximum atomic E-state index is 12.3. The first-order valence-corrected chi connectivity index (χ1v) is 9.11. The number of anilines is 1. The first kappa shape index (κ1) is 20.1. The Labute approximate surface area is 172 Å². The van der Waals surface area contributed by atoms with Crippen molar-refractivity contribution in [3.63, 3.8) is 0 Å². The van der Waals surface area contributed by atoms with Gasteiger partial charge in [-0.3, -0.25) is 9.69 Å². The molecule has 0 fully saturated rings. The van der Waals surface area contributed by atoms with Gasteiger partial charge in [0.2, 0.25) is 17.6 Å². The molecule has 0 saturated carbocycles. The van der Waals surface area contributed by atoms with Crippen LogP contribution in [0, 0.1) is 0 Å². The van der Waals surface area contributed by atoms with E-state index in [9.17, 15) is 4.79 Å². The molecule has 7 nitrogen and oxygen atoms in total. The van der Waals surface area contributed by atoms with Crippen LogP contribution >= 0.6 is 23.2 Å². The fourth-order valence-electron chi connectivity index (χ4n) is 2.57. The highest BCUT2D eigenvalue weighted by molar-refractivity contribution is 6.33. The van der Waals surface area contributed by atoms with Gasteiger partial charge in [0.05, 0.1) is 30.9 Å². The minimum atomic E-state index is -0.228. The molecular weight excluding hydrogens is 403 g/mol. The maximum Gasteiger partial charge on any atom is 0.241 e. The Bertz CT molecular complexity index is 977. The van der Waals surface area contributed by atoms with Crippen molar-refractivity contribution in [2.45, 2.75) is 6.54 Å². The Balaban J connectivity index is 1.60. The number of halogens is 2. The van der Waals surface area contributed by atoms with Crippen molar-refractivity contribution < 1.29 is 14.1 Å². The summed E-state index contributed by atoms with van der Waals surface area (Å²) in [7, 11) is 3.30. The Morgan fingerprint density at radius 2 is 2.04 bits per heavy atom. The zero-order valence-electron chi connectivity index (χ0n) is 15.3. The average molecular weight is 421 g/mol. The van der Waals surface area contributed by atoms with Crippen LogP contribution in [0.25, 0.3) is 11.4 Å². The van der Waals surface area contributed by atoms with Gasteiger partial charge in [0.1, 0.15) is 5.75 Å². The number of methoxy groups -OCH3 is 1. The molecule has 0 radical (unpaired) electrons. The number of nitrogens with one attached hydrogen (secondary N) is 1. The molecule has 0 aliphatic heterocycles. The van der Waals surface area contributed by atoms with Crippen molar-refractivity contribution >= 4 is 34.8 Å². The van der Waals surface area contributed by atoms with Crippen LogP contribution in [-0.4, -0.2) is 41.6 Å². The molecule has 1 N–H and O–H groups in total. The summed E-state index contributed by atoms with van der Waals surface area (Å²) in [5.74, 6) is 1.09. The summed E-state index contributed by atoms with van der Waals surface area (Å²) in [5, 5.41) is 7.78. The fourth-order valence-corrected chi connectivity index (χ4v) is 2.96. The van der Waals surface area contributed by atoms with Gasteiger partial charge in [-0.05, 0) is 37.4 Å². The smallest absolute Gasteiger partial charge is 0.241 e. The normalized spacial score (nSPS) is 10.9. The largest absolute Gasteiger partial charge is 0.495 e. The van der Waals surface area contributed by atoms with Crippen molar-refractivity contribution in [1.29, 1.82) is 0 Å². The SMILES string of the molecule is COc1ccc(Cl)cc1NC(=O)CN(C)Cc1nc(-c2ccccc2Cl)no1. The van der Waals surface area contributed by atoms with Crippen LogP contribution in [-0.2, 0) is 11.3 Å². The topological polar surface area (TPSA) is 80.5 Å². The van der Waals surface area contributed by atoms with Gasteiger partial charge in [-0.25, -0.2) is 0 Å². The highest BCUT2D eigenvalue weighted by Gasteiger charge is 2.15. The third-order valence-electron chi connectivity index (χ3n) is 3.84. The van der Waals surface area contributed by atoms with E-state index >= 15 is 0 Å². The number of carbonyl (C=O) groups is 1. The van der Waals surface area contributed by atoms with Gasteiger partial charge in [0.15, 0.2) is 0 Å². The summed E-state index contributed by atoms with van der Waals surface area (Å²) in [4.78, 5) is 18.4. The molecule has 0 atom stereocenters. The second-order valence-electron chi connectivity index (χ2n) is 6.06. The van der Waals surface area contributed by atoms with Crippen molar-refractivity contribution in [3.8, 4) is 17.1 Å². The van der Waals surface area contributed by atoms with E-state index in [1.165, 1.54) is 7.11 Å². The second-order valence-corrected chi connectivity index (χ2v) is 6.90. The lowest BCUT2D eigenvalue weighted by Crippen LogP contribution is -2.30. The molecule has 0 aliphatic rings. The highest BCUT2D eigenvalue weighted by Crippen LogP contribution is 2.28. The van der Waals surface area contributed by atoms with Crippen molar-refractivity contribution in [2.75, 3.05) is 26.0 Å². The molecule has 1 aromatic heterocycles. The number of benzene rings is 2. The molecule has 1 heterocycles. The Morgan fingerprint density at radius 1 is 1.25 bits per heavy atom. The Morgan fingerprint density at radius 3 is 2.79 bits per heavy atom. The molecule has 3 rings (SSSR count). The predicted molar refractivity (Wildman–Crippen MR) is 108 cm³/mol. The summed E-state index contributed by atoms with van der Waals surface area (Å²) in [5.41, 5.74) is 1.19. The lowest BCUT2D eigenvalue weighted by molar-refractivity contribution is -0.117. The summed E-state index contributed by atoms with van der Waals surface area (Å²) >= 11 is 12.1. The first-order valence-electron chi connectivity index (χ1n) is 8.35. The summed E-state index contributed by atoms with van der Waals surface area (Å²) in [6, 6.07) is 12.3. The van der Waals surface area contributed by atoms with Crippen LogP contribution in [0.1, 0.15) is 5.89 Å². The van der Waals surface area contributed by atoms with Crippen molar-refractivity contribution in [2.24, 2.45) is 0 Å². The third kappa shape index (κ3) is 5.01. The molecule has 0 unspecified atom stereocenters. The zero-order valence-corrected chi connectivity index (χ0v) is 16.8. The first-order chi connectivity index (χ1) is 13.5. The van der Waals surface area contributed by atoms with E-state index < -0.39 is 0 Å². The Hall–Kier alpha value is -2.61. The van der Waals surface area contributed by atoms with Gasteiger partial charge in [0, 0.05) is 10.6 Å². The number of carbonyl (C=O) groups excluding carboxylic acids is 1. The number of ether oxygens (including phenoxy) is 1. The van der Waals surface area contributed by atoms with E-state index in [1.807, 2.05) is 18.2 Å². The zero-order chi connectivity index (χ0) is 20.1. The quantitative estimate of drug-likeness (QED) is 0.618. The summed E-state index contributed by atoms with van der Waals surface area (Å²) in [6.07, 6.45) is 0. The van der Waals surface area contributed by atoms with Gasteiger partial charge in [-0.15, -0.1) is 0 Å². The molecule has 2 aromatic carbocycles. The molecule has 0 saturated heterocycles. The summed E-state index contributed by atoms with van der Waals surface area (Å²) in [6.45, 7) is 0.414. The van der Waals surface area contributed by atoms with Gasteiger partial charge in [-0.2, -0.15) is 4.98 Å². The molecule has 3 aromatic rings. The van der Waals surface area contributed by atoms with Crippen LogP contribution in [0.5, 0.6) is 5.75 Å². The molecule has 9 heteroatoms. The lowest BCUT2D eigenvalue weighted by atomic mass is 10.2. The monoisotopic (exact) mass is 420 g/mol. The van der Waals surface area contributed by atoms with Gasteiger partial charge in [0.25, 0.3) is 0 Å². The van der Waals surface area contributed by atoms with Gasteiger partial charge in [-0.1, -0.05) is 40.5 Å². The van der Waals surface area contributed by atoms with E-state index in [-0.39, 0.29) is 12.5 Å². The van der Waals surface area contributed by atoms with Crippen molar-refractivity contribution in [1.82, 2.24) is 15.0 Å². The van der Waals surface area contributed by atoms with Gasteiger partial charge < -0.3 is 14.6 Å². The third-order valence-corrected chi connectivity index (χ3v) is 4.40. The van der Waals surface area contributed by atoms with E-state index in [1.54, 1.807) is 36.2 Å². The number of nitrogens with zero attached hydrogens (tertiary/aromatic N) is 3. The number of rotatable bonds is 7. The minimum absolute atomic E-state index is 0.111. The van der Waals surface area contributed by atoms with E-state index in [0.717, 1.165) is 0 Å². The number of likely N-dealkylation sites (N-methyl/N-ethyl adjacent to an activating group) is 1. The molecule has 0 aliphatic carbocycles. The van der Waals surface area contributed by atoms with Crippen LogP contribution in [0.4, 0.5) is 5.69 Å². The number of hydrogen-bond donors (Lipinski definition) is 1. The molecule has 146 valence electrons. The van der Waals surface area contributed by atoms with E-state index in [4.69, 9.17) is 32.5 Å². The lowest BCUT2D eigenvalue weighted by Gasteiger charge is -2.15. The molecule has 28 heavy (non-hydrogen) atoms. The highest BCUT2D eigenvalue weighted by atomic mass is 35.5. The predicted octanol–water partition coefficient (Wildman–Crippen LogP) is 4.12. The van der Waals surface area contributed by atoms with Gasteiger partial charge >= 0.3 is 0 Å². The number of amides is 1.